The zero-order chi connectivity index (χ0) is 25.9. The number of nitrogens with zero attached hydrogens (tertiary/aromatic N) is 4. The Morgan fingerprint density at radius 3 is 2.39 bits per heavy atom. The highest BCUT2D eigenvalue weighted by molar-refractivity contribution is 7.92. The van der Waals surface area contributed by atoms with Gasteiger partial charge in [-0.05, 0) is 61.5 Å². The maximum absolute atomic E-state index is 13.5. The summed E-state index contributed by atoms with van der Waals surface area (Å²) in [7, 11) is -2.50. The number of carbonyl (C=O) groups excluding carboxylic acids is 1. The van der Waals surface area contributed by atoms with E-state index < -0.39 is 22.5 Å². The Morgan fingerprint density at radius 2 is 1.72 bits per heavy atom. The highest BCUT2D eigenvalue weighted by atomic mass is 35.5. The molecule has 0 bridgehead atoms. The number of hydrogen-bond donors (Lipinski definition) is 1. The average molecular weight is 527 g/mol. The molecule has 4 aromatic rings. The molecule has 0 unspecified atom stereocenters. The second-order valence-electron chi connectivity index (χ2n) is 7.73. The number of rotatable bonds is 8. The topological polar surface area (TPSA) is 114 Å². The Bertz CT molecular complexity index is 1530. The van der Waals surface area contributed by atoms with E-state index in [0.29, 0.717) is 28.3 Å². The van der Waals surface area contributed by atoms with Crippen LogP contribution in [0, 0.1) is 0 Å². The zero-order valence-corrected chi connectivity index (χ0v) is 21.1. The first-order valence-corrected chi connectivity index (χ1v) is 12.8. The minimum atomic E-state index is -4.15. The van der Waals surface area contributed by atoms with Crippen LogP contribution in [0.3, 0.4) is 0 Å². The lowest BCUT2D eigenvalue weighted by Gasteiger charge is -2.23. The van der Waals surface area contributed by atoms with Crippen LogP contribution in [0.5, 0.6) is 11.6 Å². The van der Waals surface area contributed by atoms with Gasteiger partial charge in [-0.15, -0.1) is 10.2 Å². The average Bonchev–Trinajstić information content (AvgIpc) is 3.11. The lowest BCUT2D eigenvalue weighted by Crippen LogP contribution is -2.35. The van der Waals surface area contributed by atoms with Gasteiger partial charge in [0, 0.05) is 17.5 Å². The molecular weight excluding hydrogens is 504 g/mol. The molecule has 0 saturated heterocycles. The molecule has 0 aliphatic carbocycles. The fourth-order valence-corrected chi connectivity index (χ4v) is 5.18. The van der Waals surface area contributed by atoms with E-state index in [1.165, 1.54) is 28.8 Å². The molecule has 0 aliphatic heterocycles. The number of anilines is 1. The Morgan fingerprint density at radius 1 is 1.06 bits per heavy atom. The number of azo groups is 1. The Balaban J connectivity index is 1.68. The Kier molecular flexibility index (Phi) is 7.27. The predicted octanol–water partition coefficient (Wildman–Crippen LogP) is 5.44. The van der Waals surface area contributed by atoms with E-state index in [9.17, 15) is 18.3 Å². The minimum Gasteiger partial charge on any atom is -0.494 e. The fourth-order valence-electron chi connectivity index (χ4n) is 3.64. The Hall–Kier alpha value is -3.89. The lowest BCUT2D eigenvalue weighted by atomic mass is 10.2. The second-order valence-corrected chi connectivity index (χ2v) is 10.0. The molecule has 0 aliphatic rings. The van der Waals surface area contributed by atoms with Crippen LogP contribution in [-0.4, -0.2) is 37.2 Å². The number of para-hydroxylation sites is 1. The SMILES string of the molecule is CCOc1ccc(N(CC(=O)N=Nc2c(O)n(C)c3ccccc23)S(=O)(=O)c2ccc(Cl)cc2)cc1. The minimum absolute atomic E-state index is 0.0442. The molecule has 1 heterocycles. The maximum atomic E-state index is 13.5. The van der Waals surface area contributed by atoms with Gasteiger partial charge in [-0.25, -0.2) is 8.42 Å². The van der Waals surface area contributed by atoms with Crippen LogP contribution in [-0.2, 0) is 21.9 Å². The number of amides is 1. The molecule has 0 saturated carbocycles. The normalized spacial score (nSPS) is 11.8. The van der Waals surface area contributed by atoms with Gasteiger partial charge in [0.1, 0.15) is 12.3 Å². The van der Waals surface area contributed by atoms with E-state index in [2.05, 4.69) is 10.2 Å². The van der Waals surface area contributed by atoms with Crippen LogP contribution in [0.2, 0.25) is 5.02 Å². The molecule has 0 spiro atoms. The molecule has 1 aromatic heterocycles. The quantitative estimate of drug-likeness (QED) is 0.307. The fraction of sp³-hybridized carbons (Fsp3) is 0.160. The summed E-state index contributed by atoms with van der Waals surface area (Å²) in [5, 5.41) is 19.1. The van der Waals surface area contributed by atoms with E-state index in [0.717, 1.165) is 4.31 Å². The molecule has 0 fully saturated rings. The van der Waals surface area contributed by atoms with Gasteiger partial charge in [0.05, 0.1) is 22.7 Å². The van der Waals surface area contributed by atoms with Crippen molar-refractivity contribution in [1.82, 2.24) is 4.57 Å². The van der Waals surface area contributed by atoms with Crippen molar-refractivity contribution in [3.05, 3.63) is 77.8 Å². The summed E-state index contributed by atoms with van der Waals surface area (Å²) in [6.07, 6.45) is 0. The summed E-state index contributed by atoms with van der Waals surface area (Å²) < 4.78 is 34.9. The second kappa shape index (κ2) is 10.4. The van der Waals surface area contributed by atoms with Crippen molar-refractivity contribution in [2.45, 2.75) is 11.8 Å². The number of hydrogen-bond acceptors (Lipinski definition) is 6. The largest absolute Gasteiger partial charge is 0.494 e. The van der Waals surface area contributed by atoms with Crippen molar-refractivity contribution in [3.8, 4) is 11.6 Å². The molecule has 9 nitrogen and oxygen atoms in total. The molecule has 0 radical (unpaired) electrons. The number of aromatic nitrogens is 1. The smallest absolute Gasteiger partial charge is 0.285 e. The monoisotopic (exact) mass is 526 g/mol. The third-order valence-corrected chi connectivity index (χ3v) is 7.47. The van der Waals surface area contributed by atoms with Gasteiger partial charge in [0.15, 0.2) is 5.69 Å². The molecule has 3 aromatic carbocycles. The summed E-state index contributed by atoms with van der Waals surface area (Å²) >= 11 is 5.92. The predicted molar refractivity (Wildman–Crippen MR) is 138 cm³/mol. The van der Waals surface area contributed by atoms with Crippen LogP contribution >= 0.6 is 11.6 Å². The number of carbonyl (C=O) groups is 1. The first-order chi connectivity index (χ1) is 17.2. The molecule has 36 heavy (non-hydrogen) atoms. The number of sulfonamides is 1. The standard InChI is InChI=1S/C25H23ClN4O5S/c1-3-35-19-12-10-18(11-13-19)30(36(33,34)20-14-8-17(26)9-15-20)16-23(31)27-28-24-21-6-4-5-7-22(21)29(2)25(24)32/h4-15,32H,3,16H2,1-2H3. The van der Waals surface area contributed by atoms with Crippen LogP contribution in [0.4, 0.5) is 11.4 Å². The summed E-state index contributed by atoms with van der Waals surface area (Å²) in [6.45, 7) is 1.67. The highest BCUT2D eigenvalue weighted by Gasteiger charge is 2.27. The van der Waals surface area contributed by atoms with E-state index in [1.807, 2.05) is 13.0 Å². The summed E-state index contributed by atoms with van der Waals surface area (Å²) in [5.41, 5.74) is 1.07. The molecule has 11 heteroatoms. The molecule has 1 amide bonds. The highest BCUT2D eigenvalue weighted by Crippen LogP contribution is 2.37. The summed E-state index contributed by atoms with van der Waals surface area (Å²) in [6, 6.07) is 19.1. The number of aryl methyl sites for hydroxylation is 1. The summed E-state index contributed by atoms with van der Waals surface area (Å²) in [5.74, 6) is -0.429. The third-order valence-electron chi connectivity index (χ3n) is 5.43. The van der Waals surface area contributed by atoms with Gasteiger partial charge in [-0.3, -0.25) is 9.10 Å². The number of ether oxygens (including phenoxy) is 1. The van der Waals surface area contributed by atoms with E-state index >= 15 is 0 Å². The summed E-state index contributed by atoms with van der Waals surface area (Å²) in [4.78, 5) is 12.8. The first kappa shape index (κ1) is 25.2. The van der Waals surface area contributed by atoms with Crippen molar-refractivity contribution in [3.63, 3.8) is 0 Å². The van der Waals surface area contributed by atoms with Gasteiger partial charge in [-0.1, -0.05) is 29.8 Å². The van der Waals surface area contributed by atoms with Gasteiger partial charge >= 0.3 is 0 Å². The molecule has 1 N–H and O–H groups in total. The van der Waals surface area contributed by atoms with Crippen LogP contribution in [0.15, 0.2) is 87.9 Å². The lowest BCUT2D eigenvalue weighted by molar-refractivity contribution is -0.116. The van der Waals surface area contributed by atoms with Crippen LogP contribution < -0.4 is 9.04 Å². The van der Waals surface area contributed by atoms with Crippen molar-refractivity contribution in [2.24, 2.45) is 17.3 Å². The number of halogens is 1. The number of fused-ring (bicyclic) bond motifs is 1. The van der Waals surface area contributed by atoms with E-state index in [-0.39, 0.29) is 22.2 Å². The van der Waals surface area contributed by atoms with E-state index in [4.69, 9.17) is 16.3 Å². The van der Waals surface area contributed by atoms with Gasteiger partial charge in [0.25, 0.3) is 15.9 Å². The van der Waals surface area contributed by atoms with E-state index in [1.54, 1.807) is 49.5 Å². The zero-order valence-electron chi connectivity index (χ0n) is 19.5. The number of aromatic hydroxyl groups is 1. The van der Waals surface area contributed by atoms with Crippen LogP contribution in [0.25, 0.3) is 10.9 Å². The Labute approximate surface area is 213 Å². The molecular formula is C25H23ClN4O5S. The maximum Gasteiger partial charge on any atom is 0.285 e. The van der Waals surface area contributed by atoms with Crippen molar-refractivity contribution in [1.29, 1.82) is 0 Å². The third kappa shape index (κ3) is 5.05. The van der Waals surface area contributed by atoms with Crippen molar-refractivity contribution < 1.29 is 23.1 Å². The van der Waals surface area contributed by atoms with Gasteiger partial charge in [0.2, 0.25) is 5.88 Å². The molecule has 4 rings (SSSR count). The first-order valence-electron chi connectivity index (χ1n) is 10.9. The van der Waals surface area contributed by atoms with Crippen molar-refractivity contribution in [2.75, 3.05) is 17.5 Å². The van der Waals surface area contributed by atoms with Crippen LogP contribution in [0.1, 0.15) is 6.92 Å². The van der Waals surface area contributed by atoms with Gasteiger partial charge in [-0.2, -0.15) is 0 Å². The molecule has 0 atom stereocenters. The number of benzene rings is 3. The van der Waals surface area contributed by atoms with Crippen molar-refractivity contribution >= 4 is 49.8 Å². The molecule has 186 valence electrons. The van der Waals surface area contributed by atoms with Gasteiger partial charge < -0.3 is 14.4 Å².